The van der Waals surface area contributed by atoms with Crippen LogP contribution in [0.5, 0.6) is 0 Å². The van der Waals surface area contributed by atoms with Gasteiger partial charge in [-0.2, -0.15) is 0 Å². The molecule has 2 heterocycles. The Bertz CT molecular complexity index is 583. The average molecular weight is 291 g/mol. The van der Waals surface area contributed by atoms with Gasteiger partial charge in [0.05, 0.1) is 6.54 Å². The number of aromatic nitrogens is 2. The SMILES string of the molecule is CNc1ncnc(N2CC(=O)NC(=O)C2(C)C)c1C(C)C. The Morgan fingerprint density at radius 3 is 2.57 bits per heavy atom. The Kier molecular flexibility index (Phi) is 3.85. The van der Waals surface area contributed by atoms with Crippen LogP contribution >= 0.6 is 0 Å². The van der Waals surface area contributed by atoms with Crippen molar-refractivity contribution in [2.75, 3.05) is 23.8 Å². The number of nitrogens with zero attached hydrogens (tertiary/aromatic N) is 3. The summed E-state index contributed by atoms with van der Waals surface area (Å²) in [6, 6.07) is 0. The molecule has 0 bridgehead atoms. The third-order valence-corrected chi connectivity index (χ3v) is 3.72. The zero-order valence-corrected chi connectivity index (χ0v) is 13.0. The summed E-state index contributed by atoms with van der Waals surface area (Å²) in [6.07, 6.45) is 1.44. The van der Waals surface area contributed by atoms with Gasteiger partial charge in [0, 0.05) is 12.6 Å². The minimum atomic E-state index is -0.850. The molecule has 1 aliphatic heterocycles. The van der Waals surface area contributed by atoms with Gasteiger partial charge in [0.2, 0.25) is 5.91 Å². The summed E-state index contributed by atoms with van der Waals surface area (Å²) in [5.74, 6) is 0.845. The summed E-state index contributed by atoms with van der Waals surface area (Å²) in [4.78, 5) is 34.2. The molecule has 1 saturated heterocycles. The Balaban J connectivity index is 2.59. The van der Waals surface area contributed by atoms with Crippen LogP contribution < -0.4 is 15.5 Å². The van der Waals surface area contributed by atoms with Crippen molar-refractivity contribution < 1.29 is 9.59 Å². The van der Waals surface area contributed by atoms with Gasteiger partial charge in [-0.15, -0.1) is 0 Å². The monoisotopic (exact) mass is 291 g/mol. The zero-order valence-electron chi connectivity index (χ0n) is 13.0. The van der Waals surface area contributed by atoms with Gasteiger partial charge < -0.3 is 10.2 Å². The third-order valence-electron chi connectivity index (χ3n) is 3.72. The minimum Gasteiger partial charge on any atom is -0.373 e. The Morgan fingerprint density at radius 2 is 2.00 bits per heavy atom. The van der Waals surface area contributed by atoms with Crippen molar-refractivity contribution in [1.29, 1.82) is 0 Å². The molecule has 2 rings (SSSR count). The second-order valence-corrected chi connectivity index (χ2v) is 5.89. The molecule has 0 radical (unpaired) electrons. The summed E-state index contributed by atoms with van der Waals surface area (Å²) in [7, 11) is 1.79. The number of carbonyl (C=O) groups is 2. The lowest BCUT2D eigenvalue weighted by Crippen LogP contribution is -2.64. The van der Waals surface area contributed by atoms with Gasteiger partial charge in [0.1, 0.15) is 23.5 Å². The Morgan fingerprint density at radius 1 is 1.33 bits per heavy atom. The second kappa shape index (κ2) is 5.31. The first kappa shape index (κ1) is 15.2. The van der Waals surface area contributed by atoms with E-state index in [1.54, 1.807) is 25.8 Å². The van der Waals surface area contributed by atoms with E-state index in [4.69, 9.17) is 0 Å². The lowest BCUT2D eigenvalue weighted by Gasteiger charge is -2.42. The smallest absolute Gasteiger partial charge is 0.251 e. The number of carbonyl (C=O) groups excluding carboxylic acids is 2. The number of rotatable bonds is 3. The molecule has 1 aromatic heterocycles. The number of nitrogens with one attached hydrogen (secondary N) is 2. The van der Waals surface area contributed by atoms with Crippen LogP contribution in [0.25, 0.3) is 0 Å². The number of piperazine rings is 1. The Labute approximate surface area is 124 Å². The molecule has 1 aliphatic rings. The predicted octanol–water partition coefficient (Wildman–Crippen LogP) is 0.883. The fourth-order valence-electron chi connectivity index (χ4n) is 2.45. The molecule has 114 valence electrons. The van der Waals surface area contributed by atoms with Crippen LogP contribution in [0.15, 0.2) is 6.33 Å². The molecule has 1 fully saturated rings. The molecule has 7 heteroatoms. The first-order valence-corrected chi connectivity index (χ1v) is 6.93. The normalized spacial score (nSPS) is 17.9. The van der Waals surface area contributed by atoms with E-state index in [-0.39, 0.29) is 24.3 Å². The standard InChI is InChI=1S/C14H21N5O2/c1-8(2)10-11(15-5)16-7-17-12(10)19-6-9(20)18-13(21)14(19,3)4/h7-8H,6H2,1-5H3,(H,15,16,17)(H,18,20,21). The molecule has 21 heavy (non-hydrogen) atoms. The quantitative estimate of drug-likeness (QED) is 0.804. The molecule has 7 nitrogen and oxygen atoms in total. The van der Waals surface area contributed by atoms with Crippen LogP contribution in [-0.2, 0) is 9.59 Å². The van der Waals surface area contributed by atoms with E-state index in [1.165, 1.54) is 6.33 Å². The van der Waals surface area contributed by atoms with Crippen LogP contribution in [0, 0.1) is 0 Å². The van der Waals surface area contributed by atoms with Gasteiger partial charge in [-0.25, -0.2) is 9.97 Å². The fraction of sp³-hybridized carbons (Fsp3) is 0.571. The summed E-state index contributed by atoms with van der Waals surface area (Å²) >= 11 is 0. The van der Waals surface area contributed by atoms with Crippen LogP contribution in [0.2, 0.25) is 0 Å². The zero-order chi connectivity index (χ0) is 15.8. The summed E-state index contributed by atoms with van der Waals surface area (Å²) in [5, 5.41) is 5.41. The van der Waals surface area contributed by atoms with Crippen molar-refractivity contribution in [3.63, 3.8) is 0 Å². The van der Waals surface area contributed by atoms with Crippen molar-refractivity contribution in [1.82, 2.24) is 15.3 Å². The van der Waals surface area contributed by atoms with Gasteiger partial charge in [0.15, 0.2) is 0 Å². The molecule has 2 N–H and O–H groups in total. The largest absolute Gasteiger partial charge is 0.373 e. The van der Waals surface area contributed by atoms with E-state index < -0.39 is 5.54 Å². The van der Waals surface area contributed by atoms with E-state index in [2.05, 4.69) is 20.6 Å². The van der Waals surface area contributed by atoms with E-state index >= 15 is 0 Å². The maximum Gasteiger partial charge on any atom is 0.251 e. The van der Waals surface area contributed by atoms with Gasteiger partial charge in [-0.3, -0.25) is 14.9 Å². The topological polar surface area (TPSA) is 87.2 Å². The maximum atomic E-state index is 12.1. The average Bonchev–Trinajstić information content (AvgIpc) is 2.42. The molecule has 2 amide bonds. The molecular weight excluding hydrogens is 270 g/mol. The van der Waals surface area contributed by atoms with Crippen molar-refractivity contribution in [2.45, 2.75) is 39.2 Å². The van der Waals surface area contributed by atoms with Crippen molar-refractivity contribution >= 4 is 23.5 Å². The van der Waals surface area contributed by atoms with E-state index in [1.807, 2.05) is 13.8 Å². The van der Waals surface area contributed by atoms with Gasteiger partial charge in [0.25, 0.3) is 5.91 Å². The molecule has 0 aromatic carbocycles. The number of imide groups is 1. The fourth-order valence-corrected chi connectivity index (χ4v) is 2.45. The summed E-state index contributed by atoms with van der Waals surface area (Å²) in [5.41, 5.74) is 0.0484. The highest BCUT2D eigenvalue weighted by Gasteiger charge is 2.42. The molecule has 0 atom stereocenters. The molecule has 1 aromatic rings. The highest BCUT2D eigenvalue weighted by Crippen LogP contribution is 2.34. The van der Waals surface area contributed by atoms with E-state index in [0.717, 1.165) is 5.56 Å². The number of hydrogen-bond donors (Lipinski definition) is 2. The minimum absolute atomic E-state index is 0.0959. The van der Waals surface area contributed by atoms with E-state index in [9.17, 15) is 9.59 Å². The first-order chi connectivity index (χ1) is 9.78. The molecule has 0 spiro atoms. The van der Waals surface area contributed by atoms with Gasteiger partial charge >= 0.3 is 0 Å². The van der Waals surface area contributed by atoms with Gasteiger partial charge in [-0.1, -0.05) is 13.8 Å². The molecule has 0 unspecified atom stereocenters. The summed E-state index contributed by atoms with van der Waals surface area (Å²) in [6.45, 7) is 7.71. The first-order valence-electron chi connectivity index (χ1n) is 6.93. The van der Waals surface area contributed by atoms with Crippen LogP contribution in [0.1, 0.15) is 39.2 Å². The highest BCUT2D eigenvalue weighted by atomic mass is 16.2. The molecule has 0 saturated carbocycles. The third kappa shape index (κ3) is 2.55. The lowest BCUT2D eigenvalue weighted by molar-refractivity contribution is -0.135. The highest BCUT2D eigenvalue weighted by molar-refractivity contribution is 6.06. The van der Waals surface area contributed by atoms with Gasteiger partial charge in [-0.05, 0) is 19.8 Å². The second-order valence-electron chi connectivity index (χ2n) is 5.89. The maximum absolute atomic E-state index is 12.1. The number of anilines is 2. The van der Waals surface area contributed by atoms with E-state index in [0.29, 0.717) is 11.6 Å². The van der Waals surface area contributed by atoms with Crippen molar-refractivity contribution in [3.05, 3.63) is 11.9 Å². The van der Waals surface area contributed by atoms with Crippen LogP contribution in [-0.4, -0.2) is 40.9 Å². The summed E-state index contributed by atoms with van der Waals surface area (Å²) < 4.78 is 0. The molecular formula is C14H21N5O2. The Hall–Kier alpha value is -2.18. The number of amides is 2. The predicted molar refractivity (Wildman–Crippen MR) is 80.2 cm³/mol. The van der Waals surface area contributed by atoms with Crippen molar-refractivity contribution in [2.24, 2.45) is 0 Å². The molecule has 0 aliphatic carbocycles. The lowest BCUT2D eigenvalue weighted by atomic mass is 9.96. The van der Waals surface area contributed by atoms with Crippen LogP contribution in [0.3, 0.4) is 0 Å². The van der Waals surface area contributed by atoms with Crippen molar-refractivity contribution in [3.8, 4) is 0 Å². The van der Waals surface area contributed by atoms with Crippen LogP contribution in [0.4, 0.5) is 11.6 Å². The number of hydrogen-bond acceptors (Lipinski definition) is 6.